The molecule has 0 spiro atoms. The first-order valence-electron chi connectivity index (χ1n) is 8.17. The lowest BCUT2D eigenvalue weighted by Gasteiger charge is -2.09. The van der Waals surface area contributed by atoms with Gasteiger partial charge in [-0.3, -0.25) is 9.59 Å². The third kappa shape index (κ3) is 8.69. The summed E-state index contributed by atoms with van der Waals surface area (Å²) in [7, 11) is 0. The number of carbonyl (C=O) groups is 2. The Morgan fingerprint density at radius 3 is 1.87 bits per heavy atom. The zero-order valence-corrected chi connectivity index (χ0v) is 15.5. The van der Waals surface area contributed by atoms with Crippen LogP contribution in [0.15, 0.2) is 70.7 Å². The number of nitrogens with two attached hydrogens (primary N) is 4. The molecule has 8 N–H and O–H groups in total. The first kappa shape index (κ1) is 23.9. The van der Waals surface area contributed by atoms with E-state index in [-0.39, 0.29) is 11.5 Å². The average molecular weight is 420 g/mol. The Morgan fingerprint density at radius 2 is 1.33 bits per heavy atom. The van der Waals surface area contributed by atoms with Gasteiger partial charge in [-0.1, -0.05) is 36.4 Å². The van der Waals surface area contributed by atoms with Crippen molar-refractivity contribution >= 4 is 29.8 Å². The maximum Gasteiger partial charge on any atom is 0.416 e. The molecule has 2 amide bonds. The van der Waals surface area contributed by atoms with E-state index in [0.29, 0.717) is 5.56 Å². The predicted octanol–water partition coefficient (Wildman–Crippen LogP) is 1.62. The number of nitrogens with zero attached hydrogens (tertiary/aromatic N) is 2. The van der Waals surface area contributed by atoms with Crippen molar-refractivity contribution in [1.29, 1.82) is 0 Å². The molecule has 0 saturated carbocycles. The second-order valence-corrected chi connectivity index (χ2v) is 5.50. The van der Waals surface area contributed by atoms with Crippen molar-refractivity contribution in [3.63, 3.8) is 0 Å². The molecule has 0 aliphatic rings. The lowest BCUT2D eigenvalue weighted by Crippen LogP contribution is -2.24. The topological polar surface area (TPSA) is 163 Å². The molecule has 8 nitrogen and oxygen atoms in total. The van der Waals surface area contributed by atoms with Crippen LogP contribution >= 0.6 is 0 Å². The van der Waals surface area contributed by atoms with E-state index in [4.69, 9.17) is 22.9 Å². The van der Waals surface area contributed by atoms with Crippen LogP contribution in [0, 0.1) is 0 Å². The number of hydrogen-bond acceptors (Lipinski definition) is 2. The summed E-state index contributed by atoms with van der Waals surface area (Å²) in [5, 5.41) is 0. The van der Waals surface area contributed by atoms with Gasteiger partial charge in [-0.15, -0.1) is 0 Å². The summed E-state index contributed by atoms with van der Waals surface area (Å²) in [6.45, 7) is 0. The standard InChI is InChI=1S/C11H10F3N3O.C8H9N3O/c12-11(13,14)8-4-2-1-3-7(8)5-6-9(18)17-10(15)16;9-8(10)11-7(12)6-4-2-1-3-5-6/h1-6H,(H4,15,16,17,18);1-5H,(H4,9,10,11,12). The van der Waals surface area contributed by atoms with E-state index in [1.807, 2.05) is 6.07 Å². The summed E-state index contributed by atoms with van der Waals surface area (Å²) < 4.78 is 37.8. The lowest BCUT2D eigenvalue weighted by atomic mass is 10.1. The minimum Gasteiger partial charge on any atom is -0.370 e. The van der Waals surface area contributed by atoms with Gasteiger partial charge < -0.3 is 22.9 Å². The number of alkyl halides is 3. The van der Waals surface area contributed by atoms with Gasteiger partial charge in [0.2, 0.25) is 0 Å². The summed E-state index contributed by atoms with van der Waals surface area (Å²) in [6, 6.07) is 13.4. The van der Waals surface area contributed by atoms with Crippen LogP contribution in [-0.4, -0.2) is 23.7 Å². The molecule has 30 heavy (non-hydrogen) atoms. The first-order valence-corrected chi connectivity index (χ1v) is 8.17. The van der Waals surface area contributed by atoms with Crippen molar-refractivity contribution in [2.24, 2.45) is 32.9 Å². The summed E-state index contributed by atoms with van der Waals surface area (Å²) >= 11 is 0. The number of hydrogen-bond donors (Lipinski definition) is 4. The molecule has 0 fully saturated rings. The molecule has 0 atom stereocenters. The van der Waals surface area contributed by atoms with E-state index >= 15 is 0 Å². The van der Waals surface area contributed by atoms with E-state index in [9.17, 15) is 22.8 Å². The largest absolute Gasteiger partial charge is 0.416 e. The van der Waals surface area contributed by atoms with Crippen molar-refractivity contribution in [3.8, 4) is 0 Å². The van der Waals surface area contributed by atoms with Gasteiger partial charge in [0.15, 0.2) is 11.9 Å². The van der Waals surface area contributed by atoms with Crippen LogP contribution in [0.2, 0.25) is 0 Å². The van der Waals surface area contributed by atoms with Crippen LogP contribution in [0.25, 0.3) is 6.08 Å². The molecule has 0 bridgehead atoms. The van der Waals surface area contributed by atoms with Gasteiger partial charge >= 0.3 is 6.18 Å². The molecule has 11 heteroatoms. The van der Waals surface area contributed by atoms with Crippen molar-refractivity contribution in [2.45, 2.75) is 6.18 Å². The third-order valence-electron chi connectivity index (χ3n) is 3.16. The number of aliphatic imine (C=N–C) groups is 2. The molecule has 0 aliphatic heterocycles. The van der Waals surface area contributed by atoms with E-state index in [2.05, 4.69) is 9.98 Å². The number of benzene rings is 2. The van der Waals surface area contributed by atoms with Gasteiger partial charge in [0.1, 0.15) is 0 Å². The minimum atomic E-state index is -4.49. The summed E-state index contributed by atoms with van der Waals surface area (Å²) in [4.78, 5) is 28.7. The Bertz CT molecular complexity index is 962. The highest BCUT2D eigenvalue weighted by Gasteiger charge is 2.32. The van der Waals surface area contributed by atoms with Crippen LogP contribution in [0.3, 0.4) is 0 Å². The molecule has 0 aromatic heterocycles. The van der Waals surface area contributed by atoms with Gasteiger partial charge in [-0.2, -0.15) is 23.2 Å². The number of guanidine groups is 2. The van der Waals surface area contributed by atoms with E-state index in [0.717, 1.165) is 18.2 Å². The second kappa shape index (κ2) is 11.0. The van der Waals surface area contributed by atoms with Gasteiger partial charge in [-0.05, 0) is 29.8 Å². The second-order valence-electron chi connectivity index (χ2n) is 5.50. The van der Waals surface area contributed by atoms with Crippen molar-refractivity contribution in [3.05, 3.63) is 77.4 Å². The first-order chi connectivity index (χ1) is 14.0. The van der Waals surface area contributed by atoms with Crippen LogP contribution < -0.4 is 22.9 Å². The van der Waals surface area contributed by atoms with Gasteiger partial charge in [-0.25, -0.2) is 0 Å². The fourth-order valence-corrected chi connectivity index (χ4v) is 1.99. The molecular weight excluding hydrogens is 401 g/mol. The zero-order chi connectivity index (χ0) is 22.7. The molecule has 2 rings (SSSR count). The fraction of sp³-hybridized carbons (Fsp3) is 0.0526. The quantitative estimate of drug-likeness (QED) is 0.335. The van der Waals surface area contributed by atoms with E-state index in [1.54, 1.807) is 24.3 Å². The Balaban J connectivity index is 0.000000325. The van der Waals surface area contributed by atoms with E-state index in [1.165, 1.54) is 18.2 Å². The van der Waals surface area contributed by atoms with Gasteiger partial charge in [0.05, 0.1) is 5.56 Å². The molecule has 0 aliphatic carbocycles. The molecule has 0 saturated heterocycles. The number of rotatable bonds is 3. The average Bonchev–Trinajstić information content (AvgIpc) is 2.66. The highest BCUT2D eigenvalue weighted by atomic mass is 19.4. The van der Waals surface area contributed by atoms with Crippen molar-refractivity contribution < 1.29 is 22.8 Å². The summed E-state index contributed by atoms with van der Waals surface area (Å²) in [5.74, 6) is -1.92. The van der Waals surface area contributed by atoms with Gasteiger partial charge in [0.25, 0.3) is 11.8 Å². The SMILES string of the molecule is NC(N)=NC(=O)C=Cc1ccccc1C(F)(F)F.NC(N)=NC(=O)c1ccccc1. The lowest BCUT2D eigenvalue weighted by molar-refractivity contribution is -0.137. The minimum absolute atomic E-state index is 0.135. The summed E-state index contributed by atoms with van der Waals surface area (Å²) in [5.41, 5.74) is 19.5. The number of amides is 2. The molecule has 2 aromatic rings. The van der Waals surface area contributed by atoms with E-state index < -0.39 is 29.5 Å². The molecule has 0 radical (unpaired) electrons. The van der Waals surface area contributed by atoms with Crippen molar-refractivity contribution in [1.82, 2.24) is 0 Å². The predicted molar refractivity (Wildman–Crippen MR) is 108 cm³/mol. The third-order valence-corrected chi connectivity index (χ3v) is 3.16. The number of carbonyl (C=O) groups excluding carboxylic acids is 2. The normalized spacial score (nSPS) is 10.5. The molecule has 158 valence electrons. The molecule has 0 unspecified atom stereocenters. The Labute approximate surface area is 169 Å². The molecular formula is C19H19F3N6O2. The van der Waals surface area contributed by atoms with Crippen LogP contribution in [0.5, 0.6) is 0 Å². The Morgan fingerprint density at radius 1 is 0.800 bits per heavy atom. The van der Waals surface area contributed by atoms with Crippen LogP contribution in [-0.2, 0) is 11.0 Å². The number of halogens is 3. The molecule has 2 aromatic carbocycles. The smallest absolute Gasteiger partial charge is 0.370 e. The Hall–Kier alpha value is -4.15. The van der Waals surface area contributed by atoms with Crippen LogP contribution in [0.1, 0.15) is 21.5 Å². The Kier molecular flexibility index (Phi) is 8.76. The highest BCUT2D eigenvalue weighted by Crippen LogP contribution is 2.32. The summed E-state index contributed by atoms with van der Waals surface area (Å²) in [6.07, 6.45) is -2.61. The zero-order valence-electron chi connectivity index (χ0n) is 15.5. The maximum atomic E-state index is 12.6. The van der Waals surface area contributed by atoms with Crippen molar-refractivity contribution in [2.75, 3.05) is 0 Å². The van der Waals surface area contributed by atoms with Gasteiger partial charge in [0, 0.05) is 11.6 Å². The van der Waals surface area contributed by atoms with Crippen LogP contribution in [0.4, 0.5) is 13.2 Å². The highest BCUT2D eigenvalue weighted by molar-refractivity contribution is 6.01. The fourth-order valence-electron chi connectivity index (χ4n) is 1.99. The maximum absolute atomic E-state index is 12.6. The molecule has 0 heterocycles. The monoisotopic (exact) mass is 420 g/mol.